The van der Waals surface area contributed by atoms with Gasteiger partial charge in [-0.3, -0.25) is 0 Å². The molecule has 3 nitrogen and oxygen atoms in total. The third kappa shape index (κ3) is 5.53. The van der Waals surface area contributed by atoms with Crippen molar-refractivity contribution in [1.82, 2.24) is 0 Å². The number of benzene rings is 1. The van der Waals surface area contributed by atoms with Gasteiger partial charge in [0.15, 0.2) is 11.5 Å². The van der Waals surface area contributed by atoms with Crippen LogP contribution in [0.15, 0.2) is 29.8 Å². The summed E-state index contributed by atoms with van der Waals surface area (Å²) in [5.74, 6) is 1.48. The van der Waals surface area contributed by atoms with Crippen LogP contribution in [0, 0.1) is 0 Å². The largest absolute Gasteiger partial charge is 0.490 e. The van der Waals surface area contributed by atoms with Crippen LogP contribution in [0.2, 0.25) is 0 Å². The topological polar surface area (TPSA) is 44.5 Å². The highest BCUT2D eigenvalue weighted by molar-refractivity contribution is 6.25. The lowest BCUT2D eigenvalue weighted by molar-refractivity contribution is 0.296. The molecule has 0 fully saturated rings. The van der Waals surface area contributed by atoms with E-state index in [1.807, 2.05) is 25.1 Å². The first-order valence-electron chi connectivity index (χ1n) is 6.60. The molecule has 0 spiro atoms. The summed E-state index contributed by atoms with van der Waals surface area (Å²) in [6, 6.07) is 6.13. The molecule has 1 rings (SSSR count). The van der Waals surface area contributed by atoms with E-state index < -0.39 is 0 Å². The maximum Gasteiger partial charge on any atom is 0.161 e. The Hall–Kier alpha value is -1.19. The molecule has 106 valence electrons. The van der Waals surface area contributed by atoms with Gasteiger partial charge in [-0.2, -0.15) is 0 Å². The summed E-state index contributed by atoms with van der Waals surface area (Å²) in [6.07, 6.45) is 3.54. The third-order valence-corrected chi connectivity index (χ3v) is 2.93. The molecule has 0 saturated heterocycles. The summed E-state index contributed by atoms with van der Waals surface area (Å²) >= 11 is 5.46. The summed E-state index contributed by atoms with van der Waals surface area (Å²) in [5.41, 5.74) is 8.57. The van der Waals surface area contributed by atoms with Crippen molar-refractivity contribution in [2.24, 2.45) is 5.73 Å². The average molecular weight is 284 g/mol. The van der Waals surface area contributed by atoms with Gasteiger partial charge in [-0.1, -0.05) is 24.6 Å². The molecule has 1 unspecified atom stereocenters. The smallest absolute Gasteiger partial charge is 0.161 e. The van der Waals surface area contributed by atoms with Gasteiger partial charge in [0.25, 0.3) is 0 Å². The van der Waals surface area contributed by atoms with Crippen molar-refractivity contribution in [3.05, 3.63) is 35.4 Å². The Labute approximate surface area is 120 Å². The molecule has 0 aliphatic carbocycles. The van der Waals surface area contributed by atoms with Crippen molar-refractivity contribution in [2.75, 3.05) is 13.2 Å². The second-order valence-corrected chi connectivity index (χ2v) is 4.51. The van der Waals surface area contributed by atoms with Crippen LogP contribution in [0.1, 0.15) is 25.8 Å². The molecular weight excluding hydrogens is 262 g/mol. The Morgan fingerprint density at radius 1 is 1.26 bits per heavy atom. The molecule has 1 aromatic carbocycles. The third-order valence-electron chi connectivity index (χ3n) is 2.75. The van der Waals surface area contributed by atoms with E-state index in [4.69, 9.17) is 26.8 Å². The van der Waals surface area contributed by atoms with Crippen molar-refractivity contribution < 1.29 is 9.47 Å². The van der Waals surface area contributed by atoms with Crippen LogP contribution >= 0.6 is 11.6 Å². The monoisotopic (exact) mass is 283 g/mol. The normalized spacial score (nSPS) is 12.6. The summed E-state index contributed by atoms with van der Waals surface area (Å²) in [6.45, 7) is 5.07. The summed E-state index contributed by atoms with van der Waals surface area (Å²) in [5, 5.41) is 0. The minimum atomic E-state index is 0.181. The van der Waals surface area contributed by atoms with Crippen LogP contribution in [-0.4, -0.2) is 19.3 Å². The minimum Gasteiger partial charge on any atom is -0.490 e. The fourth-order valence-corrected chi connectivity index (χ4v) is 1.76. The van der Waals surface area contributed by atoms with Gasteiger partial charge >= 0.3 is 0 Å². The molecule has 0 radical (unpaired) electrons. The molecule has 0 aliphatic rings. The van der Waals surface area contributed by atoms with Crippen LogP contribution < -0.4 is 15.2 Å². The molecule has 2 N–H and O–H groups in total. The molecule has 0 heterocycles. The number of nitrogens with two attached hydrogens (primary N) is 1. The lowest BCUT2D eigenvalue weighted by Crippen LogP contribution is -2.21. The van der Waals surface area contributed by atoms with Gasteiger partial charge in [0.1, 0.15) is 6.61 Å². The number of halogens is 1. The maximum absolute atomic E-state index is 5.97. The van der Waals surface area contributed by atoms with Crippen LogP contribution in [0.4, 0.5) is 0 Å². The predicted molar refractivity (Wildman–Crippen MR) is 80.1 cm³/mol. The zero-order chi connectivity index (χ0) is 14.1. The predicted octanol–water partition coefficient (Wildman–Crippen LogP) is 3.50. The summed E-state index contributed by atoms with van der Waals surface area (Å²) < 4.78 is 11.2. The van der Waals surface area contributed by atoms with Gasteiger partial charge < -0.3 is 15.2 Å². The lowest BCUT2D eigenvalue weighted by Gasteiger charge is -2.14. The van der Waals surface area contributed by atoms with Gasteiger partial charge in [0.05, 0.1) is 6.61 Å². The first-order valence-corrected chi connectivity index (χ1v) is 7.04. The molecule has 19 heavy (non-hydrogen) atoms. The number of rotatable bonds is 8. The summed E-state index contributed by atoms with van der Waals surface area (Å²) in [7, 11) is 0. The first-order chi connectivity index (χ1) is 9.21. The zero-order valence-corrected chi connectivity index (χ0v) is 12.3. The van der Waals surface area contributed by atoms with Gasteiger partial charge in [-0.15, -0.1) is 0 Å². The second kappa shape index (κ2) is 8.83. The standard InChI is InChI=1S/C15H22ClNO2/c1-3-13(17)10-12-6-7-14(19-9-5-8-16)15(11-12)18-4-2/h5-8,11,13H,3-4,9-10,17H2,1-2H3/b8-5+. The van der Waals surface area contributed by atoms with E-state index in [0.29, 0.717) is 13.2 Å². The van der Waals surface area contributed by atoms with Crippen molar-refractivity contribution >= 4 is 11.6 Å². The van der Waals surface area contributed by atoms with Crippen molar-refractivity contribution in [1.29, 1.82) is 0 Å². The van der Waals surface area contributed by atoms with Crippen LogP contribution in [0.3, 0.4) is 0 Å². The Morgan fingerprint density at radius 2 is 2.05 bits per heavy atom. The molecule has 0 bridgehead atoms. The molecule has 0 amide bonds. The number of hydrogen-bond acceptors (Lipinski definition) is 3. The Balaban J connectivity index is 2.80. The fourth-order valence-electron chi connectivity index (χ4n) is 1.69. The molecule has 4 heteroatoms. The van der Waals surface area contributed by atoms with E-state index in [2.05, 4.69) is 6.92 Å². The van der Waals surface area contributed by atoms with Gasteiger partial charge in [-0.25, -0.2) is 0 Å². The van der Waals surface area contributed by atoms with E-state index in [0.717, 1.165) is 29.9 Å². The zero-order valence-electron chi connectivity index (χ0n) is 11.6. The number of ether oxygens (including phenoxy) is 2. The lowest BCUT2D eigenvalue weighted by atomic mass is 10.0. The fraction of sp³-hybridized carbons (Fsp3) is 0.467. The minimum absolute atomic E-state index is 0.181. The van der Waals surface area contributed by atoms with E-state index in [1.165, 1.54) is 5.54 Å². The van der Waals surface area contributed by atoms with E-state index in [9.17, 15) is 0 Å². The second-order valence-electron chi connectivity index (χ2n) is 4.26. The molecule has 1 atom stereocenters. The van der Waals surface area contributed by atoms with Crippen LogP contribution in [0.25, 0.3) is 0 Å². The Kier molecular flexibility index (Phi) is 7.38. The molecule has 0 aromatic heterocycles. The van der Waals surface area contributed by atoms with E-state index in [1.54, 1.807) is 6.08 Å². The van der Waals surface area contributed by atoms with Gasteiger partial charge in [0, 0.05) is 11.6 Å². The quantitative estimate of drug-likeness (QED) is 0.794. The van der Waals surface area contributed by atoms with Crippen molar-refractivity contribution in [3.8, 4) is 11.5 Å². The van der Waals surface area contributed by atoms with Crippen molar-refractivity contribution in [2.45, 2.75) is 32.7 Å². The Bertz CT molecular complexity index is 407. The highest BCUT2D eigenvalue weighted by Crippen LogP contribution is 2.29. The first kappa shape index (κ1) is 15.9. The van der Waals surface area contributed by atoms with Crippen LogP contribution in [0.5, 0.6) is 11.5 Å². The number of hydrogen-bond donors (Lipinski definition) is 1. The van der Waals surface area contributed by atoms with Crippen LogP contribution in [-0.2, 0) is 6.42 Å². The highest BCUT2D eigenvalue weighted by Gasteiger charge is 2.08. The van der Waals surface area contributed by atoms with Crippen molar-refractivity contribution in [3.63, 3.8) is 0 Å². The Morgan fingerprint density at radius 3 is 2.68 bits per heavy atom. The van der Waals surface area contributed by atoms with E-state index >= 15 is 0 Å². The highest BCUT2D eigenvalue weighted by atomic mass is 35.5. The van der Waals surface area contributed by atoms with Gasteiger partial charge in [-0.05, 0) is 43.5 Å². The maximum atomic E-state index is 5.97. The molecule has 0 aliphatic heterocycles. The molecule has 0 saturated carbocycles. The average Bonchev–Trinajstić information content (AvgIpc) is 2.41. The summed E-state index contributed by atoms with van der Waals surface area (Å²) in [4.78, 5) is 0. The molecular formula is C15H22ClNO2. The molecule has 1 aromatic rings. The van der Waals surface area contributed by atoms with E-state index in [-0.39, 0.29) is 6.04 Å². The van der Waals surface area contributed by atoms with Gasteiger partial charge in [0.2, 0.25) is 0 Å². The SMILES string of the molecule is CCOc1cc(CC(N)CC)ccc1OC/C=C/Cl.